The Labute approximate surface area is 72.7 Å². The zero-order chi connectivity index (χ0) is 8.81. The molecule has 12 heavy (non-hydrogen) atoms. The lowest BCUT2D eigenvalue weighted by Gasteiger charge is -2.19. The van der Waals surface area contributed by atoms with Crippen LogP contribution in [-0.2, 0) is 9.53 Å². The molecule has 1 saturated carbocycles. The van der Waals surface area contributed by atoms with Crippen LogP contribution in [0.5, 0.6) is 0 Å². The Bertz CT molecular complexity index is 139. The van der Waals surface area contributed by atoms with Gasteiger partial charge in [0.1, 0.15) is 0 Å². The van der Waals surface area contributed by atoms with Crippen LogP contribution in [0.25, 0.3) is 0 Å². The van der Waals surface area contributed by atoms with Crippen LogP contribution in [0, 0.1) is 5.92 Å². The highest BCUT2D eigenvalue weighted by molar-refractivity contribution is 5.69. The first-order valence-electron chi connectivity index (χ1n) is 4.59. The first kappa shape index (κ1) is 9.52. The molecule has 0 unspecified atom stereocenters. The molecule has 0 aromatic carbocycles. The number of ether oxygens (including phenoxy) is 1. The van der Waals surface area contributed by atoms with Crippen LogP contribution >= 0.6 is 0 Å². The van der Waals surface area contributed by atoms with Gasteiger partial charge in [-0.3, -0.25) is 4.79 Å². The number of hydrogen-bond acceptors (Lipinski definition) is 3. The van der Waals surface area contributed by atoms with Crippen LogP contribution in [0.15, 0.2) is 0 Å². The standard InChI is InChI=1S/C9H16O3/c10-7-12-9(11)6-8-4-2-1-3-5-8/h8,10H,1-7H2. The maximum atomic E-state index is 10.9. The number of esters is 1. The third-order valence-corrected chi connectivity index (χ3v) is 2.41. The molecular weight excluding hydrogens is 156 g/mol. The van der Waals surface area contributed by atoms with E-state index >= 15 is 0 Å². The average Bonchev–Trinajstić information content (AvgIpc) is 2.06. The number of carbonyl (C=O) groups excluding carboxylic acids is 1. The van der Waals surface area contributed by atoms with Gasteiger partial charge in [0.05, 0.1) is 0 Å². The van der Waals surface area contributed by atoms with E-state index in [-0.39, 0.29) is 5.97 Å². The lowest BCUT2D eigenvalue weighted by Crippen LogP contribution is -2.14. The maximum Gasteiger partial charge on any atom is 0.308 e. The molecule has 1 aliphatic rings. The van der Waals surface area contributed by atoms with Crippen molar-refractivity contribution >= 4 is 5.97 Å². The predicted octanol–water partition coefficient (Wildman–Crippen LogP) is 1.45. The summed E-state index contributed by atoms with van der Waals surface area (Å²) in [5.74, 6) is 0.238. The summed E-state index contributed by atoms with van der Waals surface area (Å²) >= 11 is 0. The van der Waals surface area contributed by atoms with Gasteiger partial charge in [0, 0.05) is 6.42 Å². The maximum absolute atomic E-state index is 10.9. The van der Waals surface area contributed by atoms with Crippen molar-refractivity contribution in [2.75, 3.05) is 6.79 Å². The summed E-state index contributed by atoms with van der Waals surface area (Å²) in [6.45, 7) is -0.481. The molecule has 1 rings (SSSR count). The van der Waals surface area contributed by atoms with Gasteiger partial charge in [-0.15, -0.1) is 0 Å². The molecule has 0 atom stereocenters. The SMILES string of the molecule is O=C(CC1CCCCC1)OCO. The van der Waals surface area contributed by atoms with Crippen molar-refractivity contribution in [3.8, 4) is 0 Å². The molecule has 3 nitrogen and oxygen atoms in total. The molecular formula is C9H16O3. The molecule has 0 aromatic rings. The molecule has 1 aliphatic carbocycles. The fourth-order valence-electron chi connectivity index (χ4n) is 1.76. The Hall–Kier alpha value is -0.570. The third kappa shape index (κ3) is 3.22. The molecule has 0 aromatic heterocycles. The Balaban J connectivity index is 2.15. The van der Waals surface area contributed by atoms with E-state index < -0.39 is 6.79 Å². The summed E-state index contributed by atoms with van der Waals surface area (Å²) in [6, 6.07) is 0. The monoisotopic (exact) mass is 172 g/mol. The fourth-order valence-corrected chi connectivity index (χ4v) is 1.76. The van der Waals surface area contributed by atoms with E-state index in [0.717, 1.165) is 12.8 Å². The van der Waals surface area contributed by atoms with E-state index in [0.29, 0.717) is 12.3 Å². The molecule has 0 bridgehead atoms. The van der Waals surface area contributed by atoms with E-state index in [1.165, 1.54) is 19.3 Å². The lowest BCUT2D eigenvalue weighted by atomic mass is 9.87. The lowest BCUT2D eigenvalue weighted by molar-refractivity contribution is -0.153. The average molecular weight is 172 g/mol. The van der Waals surface area contributed by atoms with Gasteiger partial charge in [-0.1, -0.05) is 19.3 Å². The predicted molar refractivity (Wildman–Crippen MR) is 44.4 cm³/mol. The molecule has 0 amide bonds. The molecule has 0 radical (unpaired) electrons. The van der Waals surface area contributed by atoms with Gasteiger partial charge in [0.2, 0.25) is 0 Å². The molecule has 0 saturated heterocycles. The van der Waals surface area contributed by atoms with Gasteiger partial charge >= 0.3 is 5.97 Å². The van der Waals surface area contributed by atoms with E-state index in [9.17, 15) is 4.79 Å². The van der Waals surface area contributed by atoms with Crippen LogP contribution in [0.2, 0.25) is 0 Å². The minimum atomic E-state index is -0.481. The second-order valence-electron chi connectivity index (χ2n) is 3.35. The zero-order valence-corrected chi connectivity index (χ0v) is 7.29. The van der Waals surface area contributed by atoms with Crippen LogP contribution in [-0.4, -0.2) is 17.9 Å². The van der Waals surface area contributed by atoms with Crippen molar-refractivity contribution < 1.29 is 14.6 Å². The topological polar surface area (TPSA) is 46.5 Å². The summed E-state index contributed by atoms with van der Waals surface area (Å²) in [4.78, 5) is 10.9. The molecule has 0 aliphatic heterocycles. The number of rotatable bonds is 3. The van der Waals surface area contributed by atoms with Crippen LogP contribution in [0.4, 0.5) is 0 Å². The Morgan fingerprint density at radius 1 is 1.33 bits per heavy atom. The van der Waals surface area contributed by atoms with E-state index in [1.54, 1.807) is 0 Å². The Morgan fingerprint density at radius 3 is 2.58 bits per heavy atom. The first-order chi connectivity index (χ1) is 5.83. The van der Waals surface area contributed by atoms with Crippen molar-refractivity contribution in [2.45, 2.75) is 38.5 Å². The van der Waals surface area contributed by atoms with Gasteiger partial charge in [-0.25, -0.2) is 0 Å². The van der Waals surface area contributed by atoms with Crippen molar-refractivity contribution in [3.63, 3.8) is 0 Å². The number of hydrogen-bond donors (Lipinski definition) is 1. The molecule has 1 N–H and O–H groups in total. The first-order valence-corrected chi connectivity index (χ1v) is 4.59. The van der Waals surface area contributed by atoms with Crippen molar-refractivity contribution in [2.24, 2.45) is 5.92 Å². The molecule has 0 spiro atoms. The molecule has 0 heterocycles. The summed E-state index contributed by atoms with van der Waals surface area (Å²) in [5, 5.41) is 8.32. The number of aliphatic hydroxyl groups excluding tert-OH is 1. The normalized spacial score (nSPS) is 19.1. The van der Waals surface area contributed by atoms with Gasteiger partial charge < -0.3 is 9.84 Å². The highest BCUT2D eigenvalue weighted by Crippen LogP contribution is 2.26. The highest BCUT2D eigenvalue weighted by Gasteiger charge is 2.17. The minimum absolute atomic E-state index is 0.260. The minimum Gasteiger partial charge on any atom is -0.439 e. The van der Waals surface area contributed by atoms with E-state index in [4.69, 9.17) is 5.11 Å². The molecule has 3 heteroatoms. The van der Waals surface area contributed by atoms with Gasteiger partial charge in [-0.2, -0.15) is 0 Å². The van der Waals surface area contributed by atoms with Crippen LogP contribution in [0.1, 0.15) is 38.5 Å². The molecule has 1 fully saturated rings. The Kier molecular flexibility index (Phi) is 4.08. The van der Waals surface area contributed by atoms with Crippen LogP contribution < -0.4 is 0 Å². The van der Waals surface area contributed by atoms with Gasteiger partial charge in [0.15, 0.2) is 6.79 Å². The molecule has 70 valence electrons. The third-order valence-electron chi connectivity index (χ3n) is 2.41. The number of carbonyl (C=O) groups is 1. The van der Waals surface area contributed by atoms with Crippen molar-refractivity contribution in [1.82, 2.24) is 0 Å². The van der Waals surface area contributed by atoms with E-state index in [1.807, 2.05) is 0 Å². The largest absolute Gasteiger partial charge is 0.439 e. The van der Waals surface area contributed by atoms with Crippen molar-refractivity contribution in [3.05, 3.63) is 0 Å². The second-order valence-corrected chi connectivity index (χ2v) is 3.35. The smallest absolute Gasteiger partial charge is 0.308 e. The summed E-state index contributed by atoms with van der Waals surface area (Å²) in [6.07, 6.45) is 6.53. The summed E-state index contributed by atoms with van der Waals surface area (Å²) in [5.41, 5.74) is 0. The second kappa shape index (κ2) is 5.14. The van der Waals surface area contributed by atoms with Crippen molar-refractivity contribution in [1.29, 1.82) is 0 Å². The summed E-state index contributed by atoms with van der Waals surface area (Å²) in [7, 11) is 0. The van der Waals surface area contributed by atoms with Gasteiger partial charge in [0.25, 0.3) is 0 Å². The Morgan fingerprint density at radius 2 is 2.00 bits per heavy atom. The summed E-state index contributed by atoms with van der Waals surface area (Å²) < 4.78 is 4.46. The van der Waals surface area contributed by atoms with Gasteiger partial charge in [-0.05, 0) is 18.8 Å². The fraction of sp³-hybridized carbons (Fsp3) is 0.889. The zero-order valence-electron chi connectivity index (χ0n) is 7.29. The van der Waals surface area contributed by atoms with E-state index in [2.05, 4.69) is 4.74 Å². The number of aliphatic hydroxyl groups is 1. The van der Waals surface area contributed by atoms with Crippen LogP contribution in [0.3, 0.4) is 0 Å². The quantitative estimate of drug-likeness (QED) is 0.517. The highest BCUT2D eigenvalue weighted by atomic mass is 16.6.